The van der Waals surface area contributed by atoms with Gasteiger partial charge in [0.15, 0.2) is 0 Å². The van der Waals surface area contributed by atoms with Crippen molar-refractivity contribution in [1.29, 1.82) is 0 Å². The van der Waals surface area contributed by atoms with Crippen LogP contribution in [-0.2, 0) is 9.53 Å². The Bertz CT molecular complexity index is 546. The zero-order valence-electron chi connectivity index (χ0n) is 11.3. The molecule has 1 N–H and O–H groups in total. The Labute approximate surface area is 116 Å². The highest BCUT2D eigenvalue weighted by molar-refractivity contribution is 5.94. The lowest BCUT2D eigenvalue weighted by Crippen LogP contribution is -2.44. The van der Waals surface area contributed by atoms with E-state index in [2.05, 4.69) is 0 Å². The van der Waals surface area contributed by atoms with Gasteiger partial charge in [0.25, 0.3) is 5.91 Å². The highest BCUT2D eigenvalue weighted by Crippen LogP contribution is 2.21. The molecule has 0 saturated carbocycles. The first kappa shape index (κ1) is 14.5. The number of amides is 1. The third-order valence-electron chi connectivity index (χ3n) is 3.60. The van der Waals surface area contributed by atoms with E-state index in [1.807, 2.05) is 0 Å². The Kier molecular flexibility index (Phi) is 4.04. The number of ether oxygens (including phenoxy) is 1. The number of aryl methyl sites for hydroxylation is 1. The second-order valence-corrected chi connectivity index (χ2v) is 4.93. The maximum atomic E-state index is 13.5. The van der Waals surface area contributed by atoms with Gasteiger partial charge >= 0.3 is 5.97 Å². The van der Waals surface area contributed by atoms with Gasteiger partial charge in [0.05, 0.1) is 19.3 Å². The summed E-state index contributed by atoms with van der Waals surface area (Å²) in [6.45, 7) is 1.87. The molecule has 20 heavy (non-hydrogen) atoms. The Morgan fingerprint density at radius 3 is 2.70 bits per heavy atom. The minimum Gasteiger partial charge on any atom is -0.481 e. The second-order valence-electron chi connectivity index (χ2n) is 4.93. The molecule has 0 aromatic heterocycles. The first-order valence-electron chi connectivity index (χ1n) is 6.25. The molecule has 1 aliphatic heterocycles. The lowest BCUT2D eigenvalue weighted by Gasteiger charge is -2.26. The summed E-state index contributed by atoms with van der Waals surface area (Å²) in [7, 11) is 1.51. The molecule has 0 radical (unpaired) electrons. The summed E-state index contributed by atoms with van der Waals surface area (Å²) in [5.41, 5.74) is 0.656. The van der Waals surface area contributed by atoms with E-state index >= 15 is 0 Å². The summed E-state index contributed by atoms with van der Waals surface area (Å²) in [6, 6.07) is 3.68. The molecule has 5 nitrogen and oxygen atoms in total. The van der Waals surface area contributed by atoms with E-state index in [9.17, 15) is 14.0 Å². The van der Waals surface area contributed by atoms with Crippen LogP contribution in [-0.4, -0.2) is 48.2 Å². The zero-order chi connectivity index (χ0) is 14.9. The topological polar surface area (TPSA) is 66.8 Å². The predicted octanol–water partition coefficient (Wildman–Crippen LogP) is 1.31. The number of carboxylic acid groups (broad SMARTS) is 1. The van der Waals surface area contributed by atoms with Crippen molar-refractivity contribution in [3.8, 4) is 0 Å². The Morgan fingerprint density at radius 2 is 2.10 bits per heavy atom. The maximum absolute atomic E-state index is 13.5. The van der Waals surface area contributed by atoms with Crippen molar-refractivity contribution >= 4 is 11.9 Å². The van der Waals surface area contributed by atoms with Crippen LogP contribution >= 0.6 is 0 Å². The molecule has 0 spiro atoms. The van der Waals surface area contributed by atoms with Crippen LogP contribution in [0.4, 0.5) is 4.39 Å². The monoisotopic (exact) mass is 281 g/mol. The minimum absolute atomic E-state index is 0.0832. The molecule has 1 fully saturated rings. The van der Waals surface area contributed by atoms with Crippen molar-refractivity contribution in [2.75, 3.05) is 20.3 Å². The second kappa shape index (κ2) is 5.58. The Balaban J connectivity index is 2.19. The van der Waals surface area contributed by atoms with Gasteiger partial charge in [0, 0.05) is 12.6 Å². The summed E-state index contributed by atoms with van der Waals surface area (Å²) in [4.78, 5) is 24.7. The van der Waals surface area contributed by atoms with E-state index in [0.29, 0.717) is 5.56 Å². The van der Waals surface area contributed by atoms with Crippen molar-refractivity contribution in [3.63, 3.8) is 0 Å². The maximum Gasteiger partial charge on any atom is 0.311 e. The van der Waals surface area contributed by atoms with Gasteiger partial charge < -0.3 is 14.7 Å². The van der Waals surface area contributed by atoms with E-state index in [1.54, 1.807) is 6.92 Å². The average Bonchev–Trinajstić information content (AvgIpc) is 2.89. The molecule has 1 saturated heterocycles. The van der Waals surface area contributed by atoms with E-state index in [0.717, 1.165) is 0 Å². The highest BCUT2D eigenvalue weighted by Gasteiger charge is 2.38. The van der Waals surface area contributed by atoms with E-state index < -0.39 is 29.7 Å². The highest BCUT2D eigenvalue weighted by atomic mass is 19.1. The lowest BCUT2D eigenvalue weighted by molar-refractivity contribution is -0.142. The summed E-state index contributed by atoms with van der Waals surface area (Å²) in [5, 5.41) is 9.09. The number of rotatable bonds is 3. The third-order valence-corrected chi connectivity index (χ3v) is 3.60. The minimum atomic E-state index is -0.998. The number of benzene rings is 1. The zero-order valence-corrected chi connectivity index (χ0v) is 11.3. The number of halogens is 1. The molecule has 108 valence electrons. The quantitative estimate of drug-likeness (QED) is 0.907. The molecular weight excluding hydrogens is 265 g/mol. The number of likely N-dealkylation sites (N-methyl/N-ethyl adjacent to an activating group) is 1. The number of carbonyl (C=O) groups excluding carboxylic acids is 1. The molecule has 2 unspecified atom stereocenters. The van der Waals surface area contributed by atoms with Gasteiger partial charge in [-0.3, -0.25) is 9.59 Å². The SMILES string of the molecule is Cc1ccc(C(=O)N(C)C2COCC2C(=O)O)cc1F. The average molecular weight is 281 g/mol. The van der Waals surface area contributed by atoms with Crippen molar-refractivity contribution in [2.45, 2.75) is 13.0 Å². The number of hydrogen-bond acceptors (Lipinski definition) is 3. The fourth-order valence-electron chi connectivity index (χ4n) is 2.24. The first-order chi connectivity index (χ1) is 9.41. The van der Waals surface area contributed by atoms with Crippen molar-refractivity contribution < 1.29 is 23.8 Å². The smallest absolute Gasteiger partial charge is 0.311 e. The molecule has 0 aliphatic carbocycles. The Hall–Kier alpha value is -1.95. The summed E-state index contributed by atoms with van der Waals surface area (Å²) < 4.78 is 18.6. The molecule has 2 atom stereocenters. The molecule has 1 aliphatic rings. The van der Waals surface area contributed by atoms with E-state index in [1.165, 1.54) is 30.1 Å². The van der Waals surface area contributed by atoms with Gasteiger partial charge in [0.1, 0.15) is 11.7 Å². The standard InChI is InChI=1S/C14H16FNO4/c1-8-3-4-9(5-11(8)15)13(17)16(2)12-7-20-6-10(12)14(18)19/h3-5,10,12H,6-7H2,1-2H3,(H,18,19). The largest absolute Gasteiger partial charge is 0.481 e. The fraction of sp³-hybridized carbons (Fsp3) is 0.429. The van der Waals surface area contributed by atoms with Gasteiger partial charge in [-0.15, -0.1) is 0 Å². The predicted molar refractivity (Wildman–Crippen MR) is 69.0 cm³/mol. The molecule has 1 heterocycles. The van der Waals surface area contributed by atoms with Crippen LogP contribution in [0.3, 0.4) is 0 Å². The van der Waals surface area contributed by atoms with Crippen LogP contribution in [0.2, 0.25) is 0 Å². The Morgan fingerprint density at radius 1 is 1.40 bits per heavy atom. The summed E-state index contributed by atoms with van der Waals surface area (Å²) >= 11 is 0. The van der Waals surface area contributed by atoms with Gasteiger partial charge in [-0.05, 0) is 24.6 Å². The van der Waals surface area contributed by atoms with Crippen LogP contribution in [0.5, 0.6) is 0 Å². The van der Waals surface area contributed by atoms with Crippen molar-refractivity contribution in [3.05, 3.63) is 35.1 Å². The van der Waals surface area contributed by atoms with Crippen LogP contribution in [0.15, 0.2) is 18.2 Å². The molecule has 1 aromatic rings. The number of carbonyl (C=O) groups is 2. The number of hydrogen-bond donors (Lipinski definition) is 1. The number of aliphatic carboxylic acids is 1. The fourth-order valence-corrected chi connectivity index (χ4v) is 2.24. The molecule has 2 rings (SSSR count). The van der Waals surface area contributed by atoms with E-state index in [4.69, 9.17) is 9.84 Å². The number of nitrogens with zero attached hydrogens (tertiary/aromatic N) is 1. The first-order valence-corrected chi connectivity index (χ1v) is 6.25. The molecule has 0 bridgehead atoms. The van der Waals surface area contributed by atoms with Crippen LogP contribution in [0.25, 0.3) is 0 Å². The van der Waals surface area contributed by atoms with Crippen molar-refractivity contribution in [2.24, 2.45) is 5.92 Å². The van der Waals surface area contributed by atoms with Gasteiger partial charge in [0.2, 0.25) is 0 Å². The molecule has 1 aromatic carbocycles. The van der Waals surface area contributed by atoms with Crippen LogP contribution < -0.4 is 0 Å². The van der Waals surface area contributed by atoms with Crippen LogP contribution in [0.1, 0.15) is 15.9 Å². The van der Waals surface area contributed by atoms with Crippen LogP contribution in [0, 0.1) is 18.7 Å². The molecular formula is C14H16FNO4. The third kappa shape index (κ3) is 2.65. The molecule has 6 heteroatoms. The number of carboxylic acids is 1. The lowest BCUT2D eigenvalue weighted by atomic mass is 10.0. The summed E-state index contributed by atoms with van der Waals surface area (Å²) in [5.74, 6) is -2.62. The van der Waals surface area contributed by atoms with Crippen molar-refractivity contribution in [1.82, 2.24) is 4.90 Å². The normalized spacial score (nSPS) is 21.8. The van der Waals surface area contributed by atoms with Gasteiger partial charge in [-0.25, -0.2) is 4.39 Å². The van der Waals surface area contributed by atoms with Gasteiger partial charge in [-0.2, -0.15) is 0 Å². The van der Waals surface area contributed by atoms with Gasteiger partial charge in [-0.1, -0.05) is 6.07 Å². The van der Waals surface area contributed by atoms with E-state index in [-0.39, 0.29) is 18.8 Å². The molecule has 1 amide bonds. The summed E-state index contributed by atoms with van der Waals surface area (Å²) in [6.07, 6.45) is 0.